The fraction of sp³-hybridized carbons (Fsp3) is 0.214. The molecule has 0 aliphatic carbocycles. The van der Waals surface area contributed by atoms with E-state index < -0.39 is 5.82 Å². The van der Waals surface area contributed by atoms with E-state index in [1.807, 2.05) is 82.0 Å². The van der Waals surface area contributed by atoms with Crippen LogP contribution in [0, 0.1) is 11.3 Å². The minimum atomic E-state index is -0.423. The highest BCUT2D eigenvalue weighted by atomic mass is 16.5. The molecule has 2 heterocycles. The monoisotopic (exact) mass is 476 g/mol. The van der Waals surface area contributed by atoms with E-state index in [2.05, 4.69) is 21.5 Å². The topological polar surface area (TPSA) is 92.8 Å². The molecule has 7 nitrogen and oxygen atoms in total. The predicted molar refractivity (Wildman–Crippen MR) is 140 cm³/mol. The summed E-state index contributed by atoms with van der Waals surface area (Å²) in [6.45, 7) is 1.95. The molecule has 4 aromatic rings. The molecule has 0 aliphatic rings. The summed E-state index contributed by atoms with van der Waals surface area (Å²) in [4.78, 5) is 17.6. The van der Waals surface area contributed by atoms with Gasteiger partial charge < -0.3 is 10.1 Å². The van der Waals surface area contributed by atoms with E-state index in [-0.39, 0.29) is 12.0 Å². The van der Waals surface area contributed by atoms with Gasteiger partial charge in [-0.05, 0) is 48.7 Å². The van der Waals surface area contributed by atoms with Crippen LogP contribution in [-0.4, -0.2) is 28.0 Å². The quantitative estimate of drug-likeness (QED) is 0.330. The van der Waals surface area contributed by atoms with Crippen molar-refractivity contribution in [2.24, 2.45) is 7.05 Å². The highest BCUT2D eigenvalue weighted by molar-refractivity contribution is 6.45. The average Bonchev–Trinajstić information content (AvgIpc) is 3.35. The Hall–Kier alpha value is -4.38. The zero-order chi connectivity index (χ0) is 25.3. The second-order valence-corrected chi connectivity index (χ2v) is 8.55. The summed E-state index contributed by atoms with van der Waals surface area (Å²) < 4.78 is 7.68. The largest absolute Gasteiger partial charge is 0.484 e. The number of anilines is 1. The second-order valence-electron chi connectivity index (χ2n) is 8.55. The SMILES string of the molecule is CC(Oc1ccc(NC(=O)C([B]CCc2ccc(C#N)cc2)c2ccccc2)nc1)c1cnn(C)c1. The Balaban J connectivity index is 1.37. The fourth-order valence-corrected chi connectivity index (χ4v) is 3.87. The maximum Gasteiger partial charge on any atom is 0.224 e. The Kier molecular flexibility index (Phi) is 8.14. The molecular formula is C28H27BN5O2. The number of nitriles is 1. The lowest BCUT2D eigenvalue weighted by molar-refractivity contribution is -0.116. The number of carbonyl (C=O) groups is 1. The van der Waals surface area contributed by atoms with Crippen LogP contribution in [0.15, 0.2) is 85.3 Å². The summed E-state index contributed by atoms with van der Waals surface area (Å²) in [7, 11) is 3.89. The van der Waals surface area contributed by atoms with Gasteiger partial charge in [-0.15, -0.1) is 0 Å². The smallest absolute Gasteiger partial charge is 0.224 e. The molecule has 0 saturated heterocycles. The van der Waals surface area contributed by atoms with Gasteiger partial charge in [-0.25, -0.2) is 4.98 Å². The van der Waals surface area contributed by atoms with E-state index in [9.17, 15) is 4.79 Å². The maximum absolute atomic E-state index is 13.2. The molecule has 1 N–H and O–H groups in total. The van der Waals surface area contributed by atoms with Crippen LogP contribution in [0.1, 0.15) is 41.1 Å². The molecule has 4 rings (SSSR count). The van der Waals surface area contributed by atoms with E-state index in [0.29, 0.717) is 23.5 Å². The number of ether oxygens (including phenoxy) is 1. The van der Waals surface area contributed by atoms with Gasteiger partial charge in [-0.3, -0.25) is 9.48 Å². The predicted octanol–water partition coefficient (Wildman–Crippen LogP) is 4.87. The van der Waals surface area contributed by atoms with Crippen LogP contribution >= 0.6 is 0 Å². The Morgan fingerprint density at radius 1 is 1.08 bits per heavy atom. The molecule has 0 aliphatic heterocycles. The molecule has 179 valence electrons. The van der Waals surface area contributed by atoms with E-state index in [1.165, 1.54) is 0 Å². The van der Waals surface area contributed by atoms with Gasteiger partial charge in [0, 0.05) is 24.6 Å². The third-order valence-corrected chi connectivity index (χ3v) is 5.85. The zero-order valence-corrected chi connectivity index (χ0v) is 20.3. The van der Waals surface area contributed by atoms with Gasteiger partial charge in [0.2, 0.25) is 5.91 Å². The van der Waals surface area contributed by atoms with Crippen LogP contribution in [0.3, 0.4) is 0 Å². The van der Waals surface area contributed by atoms with E-state index in [4.69, 9.17) is 10.00 Å². The summed E-state index contributed by atoms with van der Waals surface area (Å²) >= 11 is 0. The number of aromatic nitrogens is 3. The number of nitrogens with zero attached hydrogens (tertiary/aromatic N) is 4. The lowest BCUT2D eigenvalue weighted by Crippen LogP contribution is -2.26. The Labute approximate surface area is 212 Å². The first kappa shape index (κ1) is 24.7. The third-order valence-electron chi connectivity index (χ3n) is 5.85. The van der Waals surface area contributed by atoms with Crippen molar-refractivity contribution in [3.8, 4) is 11.8 Å². The molecule has 0 bridgehead atoms. The molecule has 2 atom stereocenters. The molecule has 1 radical (unpaired) electrons. The number of hydrogen-bond acceptors (Lipinski definition) is 5. The van der Waals surface area contributed by atoms with Crippen molar-refractivity contribution >= 4 is 19.0 Å². The van der Waals surface area contributed by atoms with Gasteiger partial charge in [0.05, 0.1) is 24.0 Å². The van der Waals surface area contributed by atoms with Crippen LogP contribution in [0.2, 0.25) is 6.32 Å². The summed E-state index contributed by atoms with van der Waals surface area (Å²) in [5.74, 6) is 0.500. The molecule has 1 amide bonds. The Bertz CT molecular complexity index is 1310. The fourth-order valence-electron chi connectivity index (χ4n) is 3.87. The van der Waals surface area contributed by atoms with Gasteiger partial charge in [0.15, 0.2) is 0 Å². The molecular weight excluding hydrogens is 449 g/mol. The number of nitrogens with one attached hydrogen (secondary N) is 1. The van der Waals surface area contributed by atoms with Crippen molar-refractivity contribution in [1.82, 2.24) is 14.8 Å². The number of hydrogen-bond donors (Lipinski definition) is 1. The van der Waals surface area contributed by atoms with Gasteiger partial charge >= 0.3 is 0 Å². The van der Waals surface area contributed by atoms with Gasteiger partial charge in [0.25, 0.3) is 0 Å². The van der Waals surface area contributed by atoms with Crippen molar-refractivity contribution < 1.29 is 9.53 Å². The third kappa shape index (κ3) is 6.60. The van der Waals surface area contributed by atoms with Gasteiger partial charge in [0.1, 0.15) is 25.0 Å². The highest BCUT2D eigenvalue weighted by Gasteiger charge is 2.21. The first-order valence-electron chi connectivity index (χ1n) is 11.8. The van der Waals surface area contributed by atoms with Crippen molar-refractivity contribution in [2.45, 2.75) is 31.6 Å². The molecule has 2 aromatic heterocycles. The Morgan fingerprint density at radius 2 is 1.86 bits per heavy atom. The van der Waals surface area contributed by atoms with Crippen molar-refractivity contribution in [2.75, 3.05) is 5.32 Å². The maximum atomic E-state index is 13.2. The molecule has 0 saturated carbocycles. The standard InChI is InChI=1S/C28H27BN5O2/c1-20(24-17-32-34(2)19-24)36-25-12-13-26(31-18-25)33-28(35)27(23-6-4-3-5-7-23)29-15-14-21-8-10-22(16-30)11-9-21/h3-13,17-20,27H,14-15H2,1-2H3,(H,31,33,35). The van der Waals surface area contributed by atoms with Gasteiger partial charge in [-0.2, -0.15) is 10.4 Å². The summed E-state index contributed by atoms with van der Waals surface area (Å²) in [6, 6.07) is 22.9. The number of aryl methyl sites for hydroxylation is 2. The van der Waals surface area contributed by atoms with Crippen LogP contribution in [0.5, 0.6) is 5.75 Å². The number of amides is 1. The molecule has 8 heteroatoms. The van der Waals surface area contributed by atoms with Crippen LogP contribution in [-0.2, 0) is 18.3 Å². The average molecular weight is 476 g/mol. The number of carbonyl (C=O) groups excluding carboxylic acids is 1. The van der Waals surface area contributed by atoms with Gasteiger partial charge in [-0.1, -0.05) is 48.8 Å². The zero-order valence-electron chi connectivity index (χ0n) is 20.3. The second kappa shape index (κ2) is 11.9. The summed E-state index contributed by atoms with van der Waals surface area (Å²) in [5.41, 5.74) is 3.65. The minimum Gasteiger partial charge on any atom is -0.484 e. The number of benzene rings is 2. The van der Waals surface area contributed by atoms with Crippen LogP contribution < -0.4 is 10.1 Å². The molecule has 36 heavy (non-hydrogen) atoms. The molecule has 0 spiro atoms. The number of pyridine rings is 1. The van der Waals surface area contributed by atoms with Crippen LogP contribution in [0.25, 0.3) is 0 Å². The van der Waals surface area contributed by atoms with Crippen molar-refractivity contribution in [3.63, 3.8) is 0 Å². The van der Waals surface area contributed by atoms with E-state index >= 15 is 0 Å². The molecule has 2 aromatic carbocycles. The Morgan fingerprint density at radius 3 is 2.50 bits per heavy atom. The normalized spacial score (nSPS) is 12.2. The van der Waals surface area contributed by atoms with Crippen LogP contribution in [0.4, 0.5) is 5.82 Å². The lowest BCUT2D eigenvalue weighted by Gasteiger charge is -2.17. The first-order valence-corrected chi connectivity index (χ1v) is 11.8. The molecule has 0 fully saturated rings. The van der Waals surface area contributed by atoms with E-state index in [0.717, 1.165) is 23.1 Å². The van der Waals surface area contributed by atoms with E-state index in [1.54, 1.807) is 29.2 Å². The van der Waals surface area contributed by atoms with Crippen molar-refractivity contribution in [1.29, 1.82) is 5.26 Å². The number of rotatable bonds is 10. The summed E-state index contributed by atoms with van der Waals surface area (Å²) in [6.07, 6.45) is 6.61. The van der Waals surface area contributed by atoms with Crippen molar-refractivity contribution in [3.05, 3.63) is 108 Å². The summed E-state index contributed by atoms with van der Waals surface area (Å²) in [5, 5.41) is 16.1. The highest BCUT2D eigenvalue weighted by Crippen LogP contribution is 2.23. The lowest BCUT2D eigenvalue weighted by atomic mass is 9.58. The molecule has 2 unspecified atom stereocenters. The minimum absolute atomic E-state index is 0.147. The first-order chi connectivity index (χ1) is 17.5.